The van der Waals surface area contributed by atoms with Crippen molar-refractivity contribution >= 4 is 33.2 Å². The molecule has 0 saturated carbocycles. The topological polar surface area (TPSA) is 60.2 Å². The van der Waals surface area contributed by atoms with Gasteiger partial charge in [-0.2, -0.15) is 0 Å². The first-order valence-corrected chi connectivity index (χ1v) is 8.96. The second-order valence-electron chi connectivity index (χ2n) is 4.27. The number of halogens is 1. The Morgan fingerprint density at radius 3 is 2.35 bits per heavy atom. The molecular formula is C14H14ClNO2S2. The monoisotopic (exact) mass is 327 g/mol. The average Bonchev–Trinajstić information content (AvgIpc) is 2.38. The summed E-state index contributed by atoms with van der Waals surface area (Å²) >= 11 is 7.62. The summed E-state index contributed by atoms with van der Waals surface area (Å²) in [4.78, 5) is 2.23. The Balaban J connectivity index is 2.29. The van der Waals surface area contributed by atoms with Crippen LogP contribution in [0.1, 0.15) is 5.56 Å². The molecule has 20 heavy (non-hydrogen) atoms. The SMILES string of the molecule is CS(=O)(=O)c1ccc(Sc2cccc(Cl)c2CN)cc1. The summed E-state index contributed by atoms with van der Waals surface area (Å²) < 4.78 is 22.8. The molecule has 0 atom stereocenters. The quantitative estimate of drug-likeness (QED) is 0.935. The molecule has 0 spiro atoms. The zero-order chi connectivity index (χ0) is 14.8. The molecule has 0 fully saturated rings. The van der Waals surface area contributed by atoms with Crippen LogP contribution in [-0.4, -0.2) is 14.7 Å². The van der Waals surface area contributed by atoms with Crippen LogP contribution in [0.25, 0.3) is 0 Å². The van der Waals surface area contributed by atoms with Gasteiger partial charge in [-0.15, -0.1) is 0 Å². The largest absolute Gasteiger partial charge is 0.326 e. The van der Waals surface area contributed by atoms with E-state index in [0.717, 1.165) is 15.4 Å². The molecule has 2 aromatic carbocycles. The van der Waals surface area contributed by atoms with Crippen molar-refractivity contribution in [3.8, 4) is 0 Å². The number of benzene rings is 2. The third kappa shape index (κ3) is 3.55. The van der Waals surface area contributed by atoms with E-state index in [1.807, 2.05) is 12.1 Å². The standard InChI is InChI=1S/C14H14ClNO2S2/c1-20(17,18)11-7-5-10(6-8-11)19-14-4-2-3-13(15)12(14)9-16/h2-8H,9,16H2,1H3. The molecule has 0 heterocycles. The van der Waals surface area contributed by atoms with E-state index < -0.39 is 9.84 Å². The highest BCUT2D eigenvalue weighted by Crippen LogP contribution is 2.33. The predicted molar refractivity (Wildman–Crippen MR) is 83.0 cm³/mol. The predicted octanol–water partition coefficient (Wildman–Crippen LogP) is 3.35. The molecule has 0 amide bonds. The third-order valence-corrected chi connectivity index (χ3v) is 5.35. The van der Waals surface area contributed by atoms with E-state index in [9.17, 15) is 8.42 Å². The summed E-state index contributed by atoms with van der Waals surface area (Å²) in [5, 5.41) is 0.644. The smallest absolute Gasteiger partial charge is 0.175 e. The van der Waals surface area contributed by atoms with Crippen LogP contribution in [0.15, 0.2) is 57.2 Å². The first-order valence-electron chi connectivity index (χ1n) is 5.87. The van der Waals surface area contributed by atoms with Crippen LogP contribution < -0.4 is 5.73 Å². The van der Waals surface area contributed by atoms with Crippen LogP contribution in [0.4, 0.5) is 0 Å². The number of hydrogen-bond acceptors (Lipinski definition) is 4. The number of rotatable bonds is 4. The Labute approximate surface area is 128 Å². The fourth-order valence-corrected chi connectivity index (χ4v) is 3.64. The fourth-order valence-electron chi connectivity index (χ4n) is 1.71. The van der Waals surface area contributed by atoms with E-state index in [1.165, 1.54) is 18.0 Å². The van der Waals surface area contributed by atoms with E-state index >= 15 is 0 Å². The van der Waals surface area contributed by atoms with Gasteiger partial charge in [0.15, 0.2) is 9.84 Å². The van der Waals surface area contributed by atoms with Gasteiger partial charge in [-0.3, -0.25) is 0 Å². The van der Waals surface area contributed by atoms with Crippen molar-refractivity contribution in [2.45, 2.75) is 21.2 Å². The van der Waals surface area contributed by atoms with Crippen molar-refractivity contribution in [1.82, 2.24) is 0 Å². The van der Waals surface area contributed by atoms with Crippen molar-refractivity contribution in [3.05, 3.63) is 53.1 Å². The second kappa shape index (κ2) is 6.18. The second-order valence-corrected chi connectivity index (χ2v) is 7.80. The molecule has 106 valence electrons. The highest BCUT2D eigenvalue weighted by atomic mass is 35.5. The molecule has 2 N–H and O–H groups in total. The number of sulfone groups is 1. The molecule has 0 aliphatic carbocycles. The van der Waals surface area contributed by atoms with E-state index in [1.54, 1.807) is 30.3 Å². The van der Waals surface area contributed by atoms with Crippen molar-refractivity contribution in [2.75, 3.05) is 6.26 Å². The zero-order valence-corrected chi connectivity index (χ0v) is 13.2. The fraction of sp³-hybridized carbons (Fsp3) is 0.143. The molecule has 0 unspecified atom stereocenters. The highest BCUT2D eigenvalue weighted by molar-refractivity contribution is 7.99. The minimum Gasteiger partial charge on any atom is -0.326 e. The average molecular weight is 328 g/mol. The Kier molecular flexibility index (Phi) is 4.75. The maximum atomic E-state index is 11.4. The van der Waals surface area contributed by atoms with Gasteiger partial charge in [-0.1, -0.05) is 29.4 Å². The molecule has 0 aromatic heterocycles. The van der Waals surface area contributed by atoms with Crippen LogP contribution in [0.3, 0.4) is 0 Å². The molecule has 0 bridgehead atoms. The lowest BCUT2D eigenvalue weighted by molar-refractivity contribution is 0.602. The lowest BCUT2D eigenvalue weighted by Crippen LogP contribution is -1.99. The Hall–Kier alpha value is -1.01. The van der Waals surface area contributed by atoms with Gasteiger partial charge >= 0.3 is 0 Å². The van der Waals surface area contributed by atoms with Gasteiger partial charge in [0.2, 0.25) is 0 Å². The van der Waals surface area contributed by atoms with Crippen molar-refractivity contribution in [2.24, 2.45) is 5.73 Å². The molecule has 0 radical (unpaired) electrons. The van der Waals surface area contributed by atoms with Crippen LogP contribution in [0.5, 0.6) is 0 Å². The van der Waals surface area contributed by atoms with Crippen LogP contribution in [0.2, 0.25) is 5.02 Å². The lowest BCUT2D eigenvalue weighted by Gasteiger charge is -2.09. The van der Waals surface area contributed by atoms with E-state index in [0.29, 0.717) is 16.5 Å². The summed E-state index contributed by atoms with van der Waals surface area (Å²) in [5.74, 6) is 0. The zero-order valence-electron chi connectivity index (χ0n) is 10.8. The van der Waals surface area contributed by atoms with Gasteiger partial charge < -0.3 is 5.73 Å². The van der Waals surface area contributed by atoms with Gasteiger partial charge in [0, 0.05) is 27.6 Å². The molecule has 2 rings (SSSR count). The summed E-state index contributed by atoms with van der Waals surface area (Å²) in [5.41, 5.74) is 6.60. The van der Waals surface area contributed by atoms with Gasteiger partial charge in [0.1, 0.15) is 0 Å². The lowest BCUT2D eigenvalue weighted by atomic mass is 10.2. The molecule has 3 nitrogen and oxygen atoms in total. The molecule has 6 heteroatoms. The molecule has 2 aromatic rings. The van der Waals surface area contributed by atoms with E-state index in [4.69, 9.17) is 17.3 Å². The number of hydrogen-bond donors (Lipinski definition) is 1. The van der Waals surface area contributed by atoms with E-state index in [-0.39, 0.29) is 0 Å². The molecule has 0 aliphatic heterocycles. The number of nitrogens with two attached hydrogens (primary N) is 1. The van der Waals surface area contributed by atoms with Gasteiger partial charge in [-0.05, 0) is 42.0 Å². The summed E-state index contributed by atoms with van der Waals surface area (Å²) in [6.07, 6.45) is 1.19. The normalized spacial score (nSPS) is 11.6. The van der Waals surface area contributed by atoms with Gasteiger partial charge in [-0.25, -0.2) is 8.42 Å². The first kappa shape index (κ1) is 15.4. The maximum absolute atomic E-state index is 11.4. The van der Waals surface area contributed by atoms with Crippen molar-refractivity contribution in [1.29, 1.82) is 0 Å². The summed E-state index contributed by atoms with van der Waals surface area (Å²) in [6.45, 7) is 0.365. The molecular weight excluding hydrogens is 314 g/mol. The molecule has 0 aliphatic rings. The van der Waals surface area contributed by atoms with E-state index in [2.05, 4.69) is 0 Å². The van der Waals surface area contributed by atoms with Gasteiger partial charge in [0.25, 0.3) is 0 Å². The van der Waals surface area contributed by atoms with Crippen LogP contribution in [-0.2, 0) is 16.4 Å². The van der Waals surface area contributed by atoms with Crippen LogP contribution >= 0.6 is 23.4 Å². The Morgan fingerprint density at radius 2 is 1.80 bits per heavy atom. The minimum atomic E-state index is -3.16. The van der Waals surface area contributed by atoms with Crippen molar-refractivity contribution < 1.29 is 8.42 Å². The maximum Gasteiger partial charge on any atom is 0.175 e. The van der Waals surface area contributed by atoms with Crippen molar-refractivity contribution in [3.63, 3.8) is 0 Å². The third-order valence-electron chi connectivity index (χ3n) is 2.76. The highest BCUT2D eigenvalue weighted by Gasteiger charge is 2.09. The van der Waals surface area contributed by atoms with Crippen LogP contribution in [0, 0.1) is 0 Å². The first-order chi connectivity index (χ1) is 9.41. The summed E-state index contributed by atoms with van der Waals surface area (Å²) in [6, 6.07) is 12.4. The summed E-state index contributed by atoms with van der Waals surface area (Å²) in [7, 11) is -3.16. The molecule has 0 saturated heterocycles. The Bertz CT molecular complexity index is 712. The Morgan fingerprint density at radius 1 is 1.15 bits per heavy atom. The minimum absolute atomic E-state index is 0.312. The van der Waals surface area contributed by atoms with Gasteiger partial charge in [0.05, 0.1) is 4.90 Å².